The van der Waals surface area contributed by atoms with Gasteiger partial charge < -0.3 is 4.42 Å². The number of nitrogens with one attached hydrogen (secondary N) is 1. The number of anilines is 1. The fraction of sp³-hybridized carbons (Fsp3) is 0.176. The summed E-state index contributed by atoms with van der Waals surface area (Å²) in [6, 6.07) is 9.09. The Morgan fingerprint density at radius 3 is 2.46 bits per heavy atom. The van der Waals surface area contributed by atoms with E-state index in [0.717, 1.165) is 0 Å². The average Bonchev–Trinajstić information content (AvgIpc) is 3.11. The normalized spacial score (nSPS) is 11.5. The van der Waals surface area contributed by atoms with Gasteiger partial charge in [0.2, 0.25) is 0 Å². The number of benzene rings is 1. The predicted octanol–water partition coefficient (Wildman–Crippen LogP) is 2.57. The van der Waals surface area contributed by atoms with Crippen molar-refractivity contribution in [3.63, 3.8) is 0 Å². The van der Waals surface area contributed by atoms with Gasteiger partial charge in [-0.15, -0.1) is 5.10 Å². The maximum atomic E-state index is 12.3. The van der Waals surface area contributed by atoms with Gasteiger partial charge in [-0.3, -0.25) is 15.1 Å². The summed E-state index contributed by atoms with van der Waals surface area (Å²) in [4.78, 5) is 16.4. The minimum atomic E-state index is -3.38. The molecule has 1 N–H and O–H groups in total. The first-order valence-corrected chi connectivity index (χ1v) is 9.32. The van der Waals surface area contributed by atoms with Crippen molar-refractivity contribution in [1.82, 2.24) is 15.2 Å². The average molecular weight is 372 g/mol. The van der Waals surface area contributed by atoms with Crippen molar-refractivity contribution in [3.05, 3.63) is 54.4 Å². The molecule has 0 aliphatic heterocycles. The number of nitrogens with zero attached hydrogens (tertiary/aromatic N) is 3. The Labute approximate surface area is 150 Å². The molecule has 2 aromatic heterocycles. The van der Waals surface area contributed by atoms with Crippen LogP contribution in [0, 0.1) is 0 Å². The molecule has 0 spiro atoms. The second kappa shape index (κ2) is 7.04. The number of carbonyl (C=O) groups excluding carboxylic acids is 1. The lowest BCUT2D eigenvalue weighted by molar-refractivity contribution is 0.102. The minimum absolute atomic E-state index is 0.0623. The maximum Gasteiger partial charge on any atom is 0.322 e. The predicted molar refractivity (Wildman–Crippen MR) is 94.2 cm³/mol. The van der Waals surface area contributed by atoms with E-state index in [-0.39, 0.29) is 22.4 Å². The van der Waals surface area contributed by atoms with Crippen LogP contribution in [0.1, 0.15) is 24.2 Å². The van der Waals surface area contributed by atoms with Crippen LogP contribution in [0.3, 0.4) is 0 Å². The Bertz CT molecular complexity index is 1010. The van der Waals surface area contributed by atoms with Crippen molar-refractivity contribution in [2.75, 3.05) is 5.32 Å². The quantitative estimate of drug-likeness (QED) is 0.732. The number of rotatable bonds is 5. The Hall–Kier alpha value is -3.07. The molecule has 8 nitrogen and oxygen atoms in total. The Morgan fingerprint density at radius 1 is 1.12 bits per heavy atom. The maximum absolute atomic E-state index is 12.3. The topological polar surface area (TPSA) is 115 Å². The summed E-state index contributed by atoms with van der Waals surface area (Å²) in [5, 5.41) is 9.56. The Morgan fingerprint density at radius 2 is 1.85 bits per heavy atom. The fourth-order valence-electron chi connectivity index (χ4n) is 2.12. The van der Waals surface area contributed by atoms with Crippen LogP contribution in [0.4, 0.5) is 6.01 Å². The molecule has 0 unspecified atom stereocenters. The molecule has 0 aliphatic rings. The Kier molecular flexibility index (Phi) is 4.81. The van der Waals surface area contributed by atoms with Gasteiger partial charge in [0.25, 0.3) is 11.8 Å². The third-order valence-electron chi connectivity index (χ3n) is 3.62. The van der Waals surface area contributed by atoms with Crippen LogP contribution >= 0.6 is 0 Å². The zero-order valence-corrected chi connectivity index (χ0v) is 14.9. The van der Waals surface area contributed by atoms with Crippen LogP contribution in [0.25, 0.3) is 11.5 Å². The van der Waals surface area contributed by atoms with Crippen LogP contribution in [0.15, 0.2) is 58.1 Å². The monoisotopic (exact) mass is 372 g/mol. The van der Waals surface area contributed by atoms with Crippen molar-refractivity contribution in [3.8, 4) is 11.5 Å². The first-order valence-electron chi connectivity index (χ1n) is 7.77. The smallest absolute Gasteiger partial charge is 0.322 e. The van der Waals surface area contributed by atoms with Gasteiger partial charge in [-0.2, -0.15) is 0 Å². The summed E-state index contributed by atoms with van der Waals surface area (Å²) in [7, 11) is -3.38. The van der Waals surface area contributed by atoms with Crippen molar-refractivity contribution >= 4 is 21.8 Å². The zero-order chi connectivity index (χ0) is 18.7. The molecule has 2 heterocycles. The van der Waals surface area contributed by atoms with E-state index in [1.54, 1.807) is 38.4 Å². The second-order valence-electron chi connectivity index (χ2n) is 5.73. The lowest BCUT2D eigenvalue weighted by atomic mass is 10.2. The van der Waals surface area contributed by atoms with Gasteiger partial charge in [0.05, 0.1) is 15.7 Å². The van der Waals surface area contributed by atoms with Gasteiger partial charge >= 0.3 is 6.01 Å². The fourth-order valence-corrected chi connectivity index (χ4v) is 3.18. The summed E-state index contributed by atoms with van der Waals surface area (Å²) in [5.41, 5.74) is 0.901. The molecule has 3 rings (SSSR count). The van der Waals surface area contributed by atoms with Crippen LogP contribution in [0.5, 0.6) is 0 Å². The number of amides is 1. The molecule has 0 saturated heterocycles. The summed E-state index contributed by atoms with van der Waals surface area (Å²) >= 11 is 0. The number of carbonyl (C=O) groups is 1. The molecule has 3 aromatic rings. The van der Waals surface area contributed by atoms with E-state index in [1.165, 1.54) is 24.3 Å². The second-order valence-corrected chi connectivity index (χ2v) is 8.23. The molecule has 0 radical (unpaired) electrons. The van der Waals surface area contributed by atoms with Gasteiger partial charge in [0, 0.05) is 18.0 Å². The van der Waals surface area contributed by atoms with Crippen molar-refractivity contribution in [2.24, 2.45) is 0 Å². The third-order valence-corrected chi connectivity index (χ3v) is 5.79. The molecule has 0 atom stereocenters. The number of hydrogen-bond donors (Lipinski definition) is 1. The summed E-state index contributed by atoms with van der Waals surface area (Å²) < 4.78 is 29.6. The van der Waals surface area contributed by atoms with Crippen LogP contribution in [0.2, 0.25) is 0 Å². The SMILES string of the molecule is CC(C)S(=O)(=O)c1ccc(C(=O)Nc2nnc(-c3cccnc3)o2)cc1. The lowest BCUT2D eigenvalue weighted by Gasteiger charge is -2.08. The van der Waals surface area contributed by atoms with E-state index in [1.807, 2.05) is 0 Å². The zero-order valence-electron chi connectivity index (χ0n) is 14.1. The molecular formula is C17H16N4O4S. The van der Waals surface area contributed by atoms with Gasteiger partial charge in [0.15, 0.2) is 9.84 Å². The summed E-state index contributed by atoms with van der Waals surface area (Å²) in [5.74, 6) is -0.258. The number of pyridine rings is 1. The molecule has 1 aromatic carbocycles. The van der Waals surface area contributed by atoms with E-state index < -0.39 is 21.0 Å². The highest BCUT2D eigenvalue weighted by Gasteiger charge is 2.20. The number of sulfone groups is 1. The summed E-state index contributed by atoms with van der Waals surface area (Å²) in [6.45, 7) is 3.21. The molecule has 0 aliphatic carbocycles. The van der Waals surface area contributed by atoms with Gasteiger partial charge in [-0.1, -0.05) is 5.10 Å². The van der Waals surface area contributed by atoms with Crippen molar-refractivity contribution in [1.29, 1.82) is 0 Å². The van der Waals surface area contributed by atoms with Gasteiger partial charge in [-0.05, 0) is 50.2 Å². The van der Waals surface area contributed by atoms with Crippen LogP contribution in [-0.2, 0) is 9.84 Å². The lowest BCUT2D eigenvalue weighted by Crippen LogP contribution is -2.15. The largest absolute Gasteiger partial charge is 0.403 e. The molecular weight excluding hydrogens is 356 g/mol. The molecule has 0 bridgehead atoms. The van der Waals surface area contributed by atoms with E-state index >= 15 is 0 Å². The highest BCUT2D eigenvalue weighted by Crippen LogP contribution is 2.20. The van der Waals surface area contributed by atoms with Gasteiger partial charge in [0.1, 0.15) is 0 Å². The minimum Gasteiger partial charge on any atom is -0.403 e. The molecule has 9 heteroatoms. The molecule has 1 amide bonds. The van der Waals surface area contributed by atoms with Crippen molar-refractivity contribution in [2.45, 2.75) is 24.0 Å². The summed E-state index contributed by atoms with van der Waals surface area (Å²) in [6.07, 6.45) is 3.18. The van der Waals surface area contributed by atoms with E-state index in [0.29, 0.717) is 5.56 Å². The standard InChI is InChI=1S/C17H16N4O4S/c1-11(2)26(23,24)14-7-5-12(6-8-14)15(22)19-17-21-20-16(25-17)13-4-3-9-18-10-13/h3-11H,1-2H3,(H,19,21,22). The van der Waals surface area contributed by atoms with Crippen LogP contribution in [-0.4, -0.2) is 34.8 Å². The van der Waals surface area contributed by atoms with Gasteiger partial charge in [-0.25, -0.2) is 8.42 Å². The highest BCUT2D eigenvalue weighted by molar-refractivity contribution is 7.92. The first-order chi connectivity index (χ1) is 12.4. The number of hydrogen-bond acceptors (Lipinski definition) is 7. The molecule has 26 heavy (non-hydrogen) atoms. The van der Waals surface area contributed by atoms with E-state index in [2.05, 4.69) is 20.5 Å². The Balaban J connectivity index is 1.74. The first kappa shape index (κ1) is 17.7. The highest BCUT2D eigenvalue weighted by atomic mass is 32.2. The third kappa shape index (κ3) is 3.62. The molecule has 134 valence electrons. The van der Waals surface area contributed by atoms with E-state index in [4.69, 9.17) is 4.42 Å². The van der Waals surface area contributed by atoms with Crippen molar-refractivity contribution < 1.29 is 17.6 Å². The van der Waals surface area contributed by atoms with E-state index in [9.17, 15) is 13.2 Å². The number of aromatic nitrogens is 3. The van der Waals surface area contributed by atoms with Crippen LogP contribution < -0.4 is 5.32 Å². The molecule has 0 fully saturated rings. The molecule has 0 saturated carbocycles.